The maximum Gasteiger partial charge on any atom is 0.337 e. The molecule has 1 aliphatic rings. The monoisotopic (exact) mass is 330 g/mol. The lowest BCUT2D eigenvalue weighted by Crippen LogP contribution is -2.07. The van der Waals surface area contributed by atoms with Crippen LogP contribution in [0.4, 0.5) is 8.78 Å². The van der Waals surface area contributed by atoms with Gasteiger partial charge in [-0.05, 0) is 47.7 Å². The van der Waals surface area contributed by atoms with E-state index in [1.807, 2.05) is 12.1 Å². The molecule has 0 atom stereocenters. The van der Waals surface area contributed by atoms with Crippen molar-refractivity contribution in [2.75, 3.05) is 14.2 Å². The van der Waals surface area contributed by atoms with Crippen molar-refractivity contribution in [3.63, 3.8) is 0 Å². The first kappa shape index (κ1) is 16.2. The van der Waals surface area contributed by atoms with Gasteiger partial charge in [0.15, 0.2) is 11.6 Å². The topological polar surface area (TPSA) is 35.5 Å². The molecule has 124 valence electrons. The zero-order valence-electron chi connectivity index (χ0n) is 13.4. The molecule has 0 saturated heterocycles. The fourth-order valence-corrected chi connectivity index (χ4v) is 2.93. The van der Waals surface area contributed by atoms with Gasteiger partial charge < -0.3 is 9.47 Å². The van der Waals surface area contributed by atoms with Crippen molar-refractivity contribution in [3.05, 3.63) is 70.3 Å². The zero-order chi connectivity index (χ0) is 17.3. The number of aryl methyl sites for hydroxylation is 1. The highest BCUT2D eigenvalue weighted by Gasteiger charge is 2.21. The molecule has 0 saturated carbocycles. The predicted molar refractivity (Wildman–Crippen MR) is 86.1 cm³/mol. The van der Waals surface area contributed by atoms with E-state index >= 15 is 0 Å². The summed E-state index contributed by atoms with van der Waals surface area (Å²) in [5.74, 6) is -2.10. The summed E-state index contributed by atoms with van der Waals surface area (Å²) in [6, 6.07) is 7.44. The molecule has 0 aromatic heterocycles. The molecule has 24 heavy (non-hydrogen) atoms. The first-order valence-electron chi connectivity index (χ1n) is 7.50. The van der Waals surface area contributed by atoms with Gasteiger partial charge in [-0.15, -0.1) is 0 Å². The van der Waals surface area contributed by atoms with Crippen LogP contribution in [0.15, 0.2) is 36.4 Å². The van der Waals surface area contributed by atoms with Crippen molar-refractivity contribution in [2.45, 2.75) is 12.8 Å². The highest BCUT2D eigenvalue weighted by atomic mass is 19.2. The second-order valence-electron chi connectivity index (χ2n) is 5.49. The largest absolute Gasteiger partial charge is 0.496 e. The van der Waals surface area contributed by atoms with E-state index in [9.17, 15) is 13.6 Å². The quantitative estimate of drug-likeness (QED) is 0.794. The molecule has 0 N–H and O–H groups in total. The summed E-state index contributed by atoms with van der Waals surface area (Å²) in [5, 5.41) is 0. The van der Waals surface area contributed by atoms with Crippen molar-refractivity contribution < 1.29 is 23.0 Å². The van der Waals surface area contributed by atoms with Crippen molar-refractivity contribution in [3.8, 4) is 5.75 Å². The van der Waals surface area contributed by atoms with Gasteiger partial charge in [-0.25, -0.2) is 13.6 Å². The minimum atomic E-state index is -0.962. The van der Waals surface area contributed by atoms with E-state index in [2.05, 4.69) is 0 Å². The van der Waals surface area contributed by atoms with Crippen LogP contribution in [0.25, 0.3) is 5.57 Å². The maximum absolute atomic E-state index is 13.8. The molecule has 0 bridgehead atoms. The van der Waals surface area contributed by atoms with Crippen molar-refractivity contribution in [1.29, 1.82) is 0 Å². The smallest absolute Gasteiger partial charge is 0.337 e. The summed E-state index contributed by atoms with van der Waals surface area (Å²) in [4.78, 5) is 11.8. The molecule has 2 aromatic carbocycles. The minimum Gasteiger partial charge on any atom is -0.496 e. The molecule has 0 fully saturated rings. The van der Waals surface area contributed by atoms with E-state index < -0.39 is 17.6 Å². The Labute approximate surface area is 138 Å². The Kier molecular flexibility index (Phi) is 4.34. The van der Waals surface area contributed by atoms with E-state index in [0.717, 1.165) is 41.7 Å². The maximum atomic E-state index is 13.8. The SMILES string of the molecule is COC(=O)c1ccc2c(c1)C(c1cc(F)c(F)cc1OC)=CCC2. The molecule has 5 heteroatoms. The lowest BCUT2D eigenvalue weighted by Gasteiger charge is -2.20. The molecule has 2 aromatic rings. The lowest BCUT2D eigenvalue weighted by atomic mass is 9.85. The molecule has 0 unspecified atom stereocenters. The van der Waals surface area contributed by atoms with Gasteiger partial charge in [0, 0.05) is 11.6 Å². The number of esters is 1. The number of ether oxygens (including phenoxy) is 2. The van der Waals surface area contributed by atoms with Crippen molar-refractivity contribution in [1.82, 2.24) is 0 Å². The van der Waals surface area contributed by atoms with Crippen LogP contribution < -0.4 is 4.74 Å². The normalized spacial score (nSPS) is 13.1. The van der Waals surface area contributed by atoms with E-state index in [4.69, 9.17) is 9.47 Å². The van der Waals surface area contributed by atoms with Gasteiger partial charge in [0.2, 0.25) is 0 Å². The van der Waals surface area contributed by atoms with Crippen LogP contribution in [-0.2, 0) is 11.2 Å². The van der Waals surface area contributed by atoms with E-state index in [1.54, 1.807) is 12.1 Å². The van der Waals surface area contributed by atoms with Crippen LogP contribution in [0.5, 0.6) is 5.75 Å². The van der Waals surface area contributed by atoms with Crippen molar-refractivity contribution in [2.24, 2.45) is 0 Å². The first-order valence-corrected chi connectivity index (χ1v) is 7.50. The van der Waals surface area contributed by atoms with E-state index in [0.29, 0.717) is 11.1 Å². The van der Waals surface area contributed by atoms with Crippen molar-refractivity contribution >= 4 is 11.5 Å². The Balaban J connectivity index is 2.17. The Morgan fingerprint density at radius 1 is 1.04 bits per heavy atom. The third-order valence-corrected chi connectivity index (χ3v) is 4.12. The van der Waals surface area contributed by atoms with E-state index in [1.165, 1.54) is 14.2 Å². The summed E-state index contributed by atoms with van der Waals surface area (Å²) in [7, 11) is 2.72. The van der Waals surface area contributed by atoms with Gasteiger partial charge in [0.25, 0.3) is 0 Å². The van der Waals surface area contributed by atoms with Gasteiger partial charge >= 0.3 is 5.97 Å². The van der Waals surface area contributed by atoms with Crippen LogP contribution in [0.2, 0.25) is 0 Å². The molecule has 0 radical (unpaired) electrons. The first-order chi connectivity index (χ1) is 11.5. The summed E-state index contributed by atoms with van der Waals surface area (Å²) in [5.41, 5.74) is 3.42. The highest BCUT2D eigenvalue weighted by molar-refractivity contribution is 5.93. The molecular formula is C19H16F2O3. The number of fused-ring (bicyclic) bond motifs is 1. The molecule has 0 aliphatic heterocycles. The number of allylic oxidation sites excluding steroid dienone is 1. The Bertz CT molecular complexity index is 841. The third-order valence-electron chi connectivity index (χ3n) is 4.12. The fourth-order valence-electron chi connectivity index (χ4n) is 2.93. The van der Waals surface area contributed by atoms with Crippen LogP contribution in [-0.4, -0.2) is 20.2 Å². The third kappa shape index (κ3) is 2.77. The minimum absolute atomic E-state index is 0.247. The summed E-state index contributed by atoms with van der Waals surface area (Å²) in [6.45, 7) is 0. The van der Waals surface area contributed by atoms with Gasteiger partial charge in [0.1, 0.15) is 5.75 Å². The Morgan fingerprint density at radius 3 is 2.50 bits per heavy atom. The average molecular weight is 330 g/mol. The summed E-state index contributed by atoms with van der Waals surface area (Å²) < 4.78 is 37.2. The van der Waals surface area contributed by atoms with E-state index in [-0.39, 0.29) is 5.75 Å². The van der Waals surface area contributed by atoms with Crippen LogP contribution in [0.1, 0.15) is 33.5 Å². The molecule has 0 amide bonds. The van der Waals surface area contributed by atoms with Crippen LogP contribution in [0, 0.1) is 11.6 Å². The number of hydrogen-bond acceptors (Lipinski definition) is 3. The number of hydrogen-bond donors (Lipinski definition) is 0. The van der Waals surface area contributed by atoms with Gasteiger partial charge in [-0.2, -0.15) is 0 Å². The molecule has 3 rings (SSSR count). The number of carbonyl (C=O) groups excluding carboxylic acids is 1. The fraction of sp³-hybridized carbons (Fsp3) is 0.211. The number of rotatable bonds is 3. The average Bonchev–Trinajstić information content (AvgIpc) is 2.62. The number of halogens is 2. The predicted octanol–water partition coefficient (Wildman–Crippen LogP) is 4.14. The van der Waals surface area contributed by atoms with Gasteiger partial charge in [-0.1, -0.05) is 12.1 Å². The van der Waals surface area contributed by atoms with Gasteiger partial charge in [0.05, 0.1) is 19.8 Å². The van der Waals surface area contributed by atoms with Crippen LogP contribution >= 0.6 is 0 Å². The number of benzene rings is 2. The molecule has 0 spiro atoms. The second-order valence-corrected chi connectivity index (χ2v) is 5.49. The second kappa shape index (κ2) is 6.43. The zero-order valence-corrected chi connectivity index (χ0v) is 13.4. The summed E-state index contributed by atoms with van der Waals surface area (Å²) in [6.07, 6.45) is 3.52. The number of methoxy groups -OCH3 is 2. The Hall–Kier alpha value is -2.69. The molecule has 0 heterocycles. The lowest BCUT2D eigenvalue weighted by molar-refractivity contribution is 0.0600. The molecule has 1 aliphatic carbocycles. The molecule has 3 nitrogen and oxygen atoms in total. The van der Waals surface area contributed by atoms with Crippen LogP contribution in [0.3, 0.4) is 0 Å². The highest BCUT2D eigenvalue weighted by Crippen LogP contribution is 2.37. The Morgan fingerprint density at radius 2 is 1.79 bits per heavy atom. The number of carbonyl (C=O) groups is 1. The van der Waals surface area contributed by atoms with Gasteiger partial charge in [-0.3, -0.25) is 0 Å². The summed E-state index contributed by atoms with van der Waals surface area (Å²) >= 11 is 0. The standard InChI is InChI=1S/C19H16F2O3/c1-23-18-10-17(21)16(20)9-15(18)13-5-3-4-11-6-7-12(8-14(11)13)19(22)24-2/h5-10H,3-4H2,1-2H3. The molecular weight excluding hydrogens is 314 g/mol.